The van der Waals surface area contributed by atoms with Crippen LogP contribution in [0.2, 0.25) is 0 Å². The fourth-order valence-corrected chi connectivity index (χ4v) is 3.52. The molecule has 0 bridgehead atoms. The number of amides is 1. The Hall–Kier alpha value is -2.62. The summed E-state index contributed by atoms with van der Waals surface area (Å²) in [5.41, 5.74) is 1.83. The molecule has 25 heavy (non-hydrogen) atoms. The van der Waals surface area contributed by atoms with Gasteiger partial charge in [-0.2, -0.15) is 0 Å². The zero-order valence-electron chi connectivity index (χ0n) is 14.4. The fourth-order valence-electron chi connectivity index (χ4n) is 3.52. The first-order valence-electron chi connectivity index (χ1n) is 8.67. The Morgan fingerprint density at radius 2 is 1.80 bits per heavy atom. The molecule has 0 heterocycles. The Bertz CT molecular complexity index is 772. The average Bonchev–Trinajstić information content (AvgIpc) is 2.66. The van der Waals surface area contributed by atoms with Crippen LogP contribution >= 0.6 is 0 Å². The van der Waals surface area contributed by atoms with Gasteiger partial charge >= 0.3 is 5.97 Å². The molecule has 2 atom stereocenters. The minimum Gasteiger partial charge on any atom is -0.481 e. The number of fused-ring (bicyclic) bond motifs is 1. The molecule has 0 saturated carbocycles. The van der Waals surface area contributed by atoms with Gasteiger partial charge < -0.3 is 10.4 Å². The van der Waals surface area contributed by atoms with Crippen molar-refractivity contribution in [3.63, 3.8) is 0 Å². The molecule has 0 fully saturated rings. The van der Waals surface area contributed by atoms with Crippen LogP contribution in [0.15, 0.2) is 54.6 Å². The second-order valence-electron chi connectivity index (χ2n) is 6.86. The predicted octanol–water partition coefficient (Wildman–Crippen LogP) is 3.27. The van der Waals surface area contributed by atoms with E-state index >= 15 is 0 Å². The number of rotatable bonds is 5. The van der Waals surface area contributed by atoms with Gasteiger partial charge in [0.25, 0.3) is 0 Å². The predicted molar refractivity (Wildman–Crippen MR) is 96.6 cm³/mol. The first kappa shape index (κ1) is 17.2. The molecule has 0 aliphatic heterocycles. The van der Waals surface area contributed by atoms with Crippen LogP contribution < -0.4 is 5.32 Å². The number of nitrogens with one attached hydrogen (secondary N) is 1. The van der Waals surface area contributed by atoms with Gasteiger partial charge in [0.1, 0.15) is 5.41 Å². The molecule has 4 heteroatoms. The zero-order chi connectivity index (χ0) is 17.9. The molecule has 0 spiro atoms. The van der Waals surface area contributed by atoms with Crippen LogP contribution in [0.3, 0.4) is 0 Å². The van der Waals surface area contributed by atoms with E-state index in [4.69, 9.17) is 0 Å². The Morgan fingerprint density at radius 1 is 1.12 bits per heavy atom. The summed E-state index contributed by atoms with van der Waals surface area (Å²) in [6, 6.07) is 17.1. The zero-order valence-corrected chi connectivity index (χ0v) is 14.4. The highest BCUT2D eigenvalue weighted by atomic mass is 16.4. The molecule has 2 aromatic rings. The van der Waals surface area contributed by atoms with Gasteiger partial charge in [0, 0.05) is 6.54 Å². The number of aliphatic carboxylic acids is 1. The Morgan fingerprint density at radius 3 is 2.52 bits per heavy atom. The van der Waals surface area contributed by atoms with E-state index in [1.165, 1.54) is 5.56 Å². The Kier molecular flexibility index (Phi) is 4.88. The molecule has 3 rings (SSSR count). The number of carbonyl (C=O) groups is 2. The SMILES string of the molecule is CC(CNC(=O)C1CCCc2ccccc21)(C(=O)O)c1ccccc1. The first-order valence-corrected chi connectivity index (χ1v) is 8.67. The summed E-state index contributed by atoms with van der Waals surface area (Å²) in [4.78, 5) is 24.6. The van der Waals surface area contributed by atoms with E-state index in [-0.39, 0.29) is 18.4 Å². The lowest BCUT2D eigenvalue weighted by Gasteiger charge is -2.29. The van der Waals surface area contributed by atoms with Crippen molar-refractivity contribution in [2.75, 3.05) is 6.54 Å². The van der Waals surface area contributed by atoms with Crippen LogP contribution in [-0.4, -0.2) is 23.5 Å². The Labute approximate surface area is 147 Å². The van der Waals surface area contributed by atoms with Crippen molar-refractivity contribution in [3.05, 3.63) is 71.3 Å². The van der Waals surface area contributed by atoms with Crippen molar-refractivity contribution < 1.29 is 14.7 Å². The van der Waals surface area contributed by atoms with Gasteiger partial charge in [0.05, 0.1) is 5.92 Å². The average molecular weight is 337 g/mol. The molecular weight excluding hydrogens is 314 g/mol. The Balaban J connectivity index is 1.76. The molecule has 1 aliphatic rings. The molecule has 1 amide bonds. The van der Waals surface area contributed by atoms with E-state index < -0.39 is 11.4 Å². The number of carboxylic acid groups (broad SMARTS) is 1. The van der Waals surface area contributed by atoms with E-state index in [0.29, 0.717) is 5.56 Å². The molecule has 2 unspecified atom stereocenters. The summed E-state index contributed by atoms with van der Waals surface area (Å²) in [5.74, 6) is -1.22. The molecule has 0 radical (unpaired) electrons. The molecule has 4 nitrogen and oxygen atoms in total. The third-order valence-electron chi connectivity index (χ3n) is 5.19. The summed E-state index contributed by atoms with van der Waals surface area (Å²) in [6.07, 6.45) is 2.78. The smallest absolute Gasteiger partial charge is 0.315 e. The molecule has 2 aromatic carbocycles. The van der Waals surface area contributed by atoms with Crippen molar-refractivity contribution in [2.45, 2.75) is 37.5 Å². The van der Waals surface area contributed by atoms with Crippen LogP contribution in [0.25, 0.3) is 0 Å². The van der Waals surface area contributed by atoms with Gasteiger partial charge in [-0.15, -0.1) is 0 Å². The number of carbonyl (C=O) groups excluding carboxylic acids is 1. The standard InChI is InChI=1S/C21H23NO3/c1-21(20(24)25,16-10-3-2-4-11-16)14-22-19(23)18-13-7-9-15-8-5-6-12-17(15)18/h2-6,8,10-12,18H,7,9,13-14H2,1H3,(H,22,23)(H,24,25). The highest BCUT2D eigenvalue weighted by Gasteiger charge is 2.36. The summed E-state index contributed by atoms with van der Waals surface area (Å²) >= 11 is 0. The van der Waals surface area contributed by atoms with Crippen molar-refractivity contribution in [2.24, 2.45) is 0 Å². The highest BCUT2D eigenvalue weighted by molar-refractivity contribution is 5.86. The van der Waals surface area contributed by atoms with Gasteiger partial charge in [0.2, 0.25) is 5.91 Å². The van der Waals surface area contributed by atoms with Crippen LogP contribution in [0.1, 0.15) is 42.4 Å². The molecule has 130 valence electrons. The van der Waals surface area contributed by atoms with Gasteiger partial charge in [-0.25, -0.2) is 0 Å². The highest BCUT2D eigenvalue weighted by Crippen LogP contribution is 2.32. The van der Waals surface area contributed by atoms with Crippen LogP contribution in [0.5, 0.6) is 0 Å². The third-order valence-corrected chi connectivity index (χ3v) is 5.19. The third kappa shape index (κ3) is 3.43. The van der Waals surface area contributed by atoms with Gasteiger partial charge in [-0.3, -0.25) is 9.59 Å². The van der Waals surface area contributed by atoms with Crippen LogP contribution in [0.4, 0.5) is 0 Å². The minimum absolute atomic E-state index is 0.0733. The van der Waals surface area contributed by atoms with E-state index in [1.807, 2.05) is 36.4 Å². The quantitative estimate of drug-likeness (QED) is 0.880. The minimum atomic E-state index is -1.15. The van der Waals surface area contributed by atoms with Crippen molar-refractivity contribution >= 4 is 11.9 Å². The molecular formula is C21H23NO3. The maximum atomic E-state index is 12.8. The number of hydrogen-bond donors (Lipinski definition) is 2. The lowest BCUT2D eigenvalue weighted by molar-refractivity contribution is -0.143. The topological polar surface area (TPSA) is 66.4 Å². The van der Waals surface area contributed by atoms with E-state index in [2.05, 4.69) is 11.4 Å². The van der Waals surface area contributed by atoms with E-state index in [9.17, 15) is 14.7 Å². The largest absolute Gasteiger partial charge is 0.481 e. The van der Waals surface area contributed by atoms with Crippen molar-refractivity contribution in [1.82, 2.24) is 5.32 Å². The summed E-state index contributed by atoms with van der Waals surface area (Å²) < 4.78 is 0. The van der Waals surface area contributed by atoms with Gasteiger partial charge in [-0.05, 0) is 42.9 Å². The number of aryl methyl sites for hydroxylation is 1. The molecule has 0 saturated heterocycles. The van der Waals surface area contributed by atoms with Crippen molar-refractivity contribution in [3.8, 4) is 0 Å². The summed E-state index contributed by atoms with van der Waals surface area (Å²) in [6.45, 7) is 1.73. The second kappa shape index (κ2) is 7.09. The van der Waals surface area contributed by atoms with Crippen LogP contribution in [-0.2, 0) is 21.4 Å². The van der Waals surface area contributed by atoms with Crippen LogP contribution in [0, 0.1) is 0 Å². The maximum Gasteiger partial charge on any atom is 0.315 e. The fraction of sp³-hybridized carbons (Fsp3) is 0.333. The lowest BCUT2D eigenvalue weighted by Crippen LogP contribution is -2.45. The van der Waals surface area contributed by atoms with E-state index in [1.54, 1.807) is 19.1 Å². The summed E-state index contributed by atoms with van der Waals surface area (Å²) in [5, 5.41) is 12.6. The van der Waals surface area contributed by atoms with Gasteiger partial charge in [-0.1, -0.05) is 54.6 Å². The number of hydrogen-bond acceptors (Lipinski definition) is 2. The van der Waals surface area contributed by atoms with Crippen molar-refractivity contribution in [1.29, 1.82) is 0 Å². The normalized spacial score (nSPS) is 18.7. The maximum absolute atomic E-state index is 12.8. The number of carboxylic acids is 1. The van der Waals surface area contributed by atoms with Gasteiger partial charge in [0.15, 0.2) is 0 Å². The second-order valence-corrected chi connectivity index (χ2v) is 6.86. The molecule has 1 aliphatic carbocycles. The monoisotopic (exact) mass is 337 g/mol. The summed E-state index contributed by atoms with van der Waals surface area (Å²) in [7, 11) is 0. The molecule has 2 N–H and O–H groups in total. The number of benzene rings is 2. The van der Waals surface area contributed by atoms with E-state index in [0.717, 1.165) is 24.8 Å². The first-order chi connectivity index (χ1) is 12.0. The molecule has 0 aromatic heterocycles. The lowest BCUT2D eigenvalue weighted by atomic mass is 9.80.